The van der Waals surface area contributed by atoms with Gasteiger partial charge in [0.15, 0.2) is 11.5 Å². The molecule has 0 unspecified atom stereocenters. The Morgan fingerprint density at radius 2 is 2.06 bits per heavy atom. The maximum atomic E-state index is 11.6. The Labute approximate surface area is 107 Å². The van der Waals surface area contributed by atoms with Crippen molar-refractivity contribution in [2.45, 2.75) is 13.3 Å². The molecular weight excluding hydrogens is 230 g/mol. The molecule has 1 saturated carbocycles. The molecule has 1 aromatic rings. The second kappa shape index (κ2) is 5.76. The van der Waals surface area contributed by atoms with Crippen molar-refractivity contribution in [3.8, 4) is 11.5 Å². The molecule has 0 spiro atoms. The number of benzene rings is 1. The van der Waals surface area contributed by atoms with E-state index in [1.807, 2.05) is 24.3 Å². The third-order valence-corrected chi connectivity index (χ3v) is 3.17. The second-order valence-corrected chi connectivity index (χ2v) is 4.61. The van der Waals surface area contributed by atoms with Crippen LogP contribution in [0.4, 0.5) is 0 Å². The Bertz CT molecular complexity index is 419. The van der Waals surface area contributed by atoms with Gasteiger partial charge in [-0.15, -0.1) is 0 Å². The molecule has 4 heteroatoms. The largest absolute Gasteiger partial charge is 0.493 e. The maximum absolute atomic E-state index is 11.6. The van der Waals surface area contributed by atoms with Crippen LogP contribution in [0.5, 0.6) is 11.5 Å². The van der Waals surface area contributed by atoms with E-state index in [4.69, 9.17) is 9.47 Å². The van der Waals surface area contributed by atoms with Gasteiger partial charge in [0.25, 0.3) is 0 Å². The summed E-state index contributed by atoms with van der Waals surface area (Å²) in [6.07, 6.45) is 1.01. The Morgan fingerprint density at radius 1 is 1.39 bits per heavy atom. The number of amides is 1. The summed E-state index contributed by atoms with van der Waals surface area (Å²) in [7, 11) is 1.61. The van der Waals surface area contributed by atoms with Gasteiger partial charge in [-0.05, 0) is 24.5 Å². The smallest absolute Gasteiger partial charge is 0.223 e. The van der Waals surface area contributed by atoms with Crippen molar-refractivity contribution in [1.29, 1.82) is 0 Å². The lowest BCUT2D eigenvalue weighted by Gasteiger charge is -2.10. The molecule has 18 heavy (non-hydrogen) atoms. The zero-order chi connectivity index (χ0) is 13.0. The van der Waals surface area contributed by atoms with Crippen LogP contribution in [0.3, 0.4) is 0 Å². The van der Waals surface area contributed by atoms with Crippen LogP contribution in [0.15, 0.2) is 24.3 Å². The number of hydrogen-bond donors (Lipinski definition) is 1. The van der Waals surface area contributed by atoms with Crippen molar-refractivity contribution in [3.05, 3.63) is 24.3 Å². The van der Waals surface area contributed by atoms with E-state index in [9.17, 15) is 4.79 Å². The van der Waals surface area contributed by atoms with E-state index in [-0.39, 0.29) is 11.8 Å². The minimum Gasteiger partial charge on any atom is -0.493 e. The first-order valence-electron chi connectivity index (χ1n) is 6.26. The molecule has 0 heterocycles. The number of hydrogen-bond acceptors (Lipinski definition) is 3. The normalized spacial score (nSPS) is 21.2. The predicted molar refractivity (Wildman–Crippen MR) is 68.8 cm³/mol. The van der Waals surface area contributed by atoms with E-state index in [0.717, 1.165) is 6.42 Å². The molecule has 98 valence electrons. The molecule has 1 fully saturated rings. The Kier molecular flexibility index (Phi) is 4.07. The van der Waals surface area contributed by atoms with Crippen LogP contribution in [0.1, 0.15) is 13.3 Å². The Balaban J connectivity index is 1.70. The molecule has 1 amide bonds. The van der Waals surface area contributed by atoms with Gasteiger partial charge in [0.1, 0.15) is 6.61 Å². The van der Waals surface area contributed by atoms with Gasteiger partial charge in [-0.2, -0.15) is 0 Å². The molecule has 4 nitrogen and oxygen atoms in total. The molecule has 2 atom stereocenters. The third kappa shape index (κ3) is 3.15. The van der Waals surface area contributed by atoms with Crippen molar-refractivity contribution >= 4 is 5.91 Å². The average Bonchev–Trinajstić information content (AvgIpc) is 3.12. The van der Waals surface area contributed by atoms with E-state index in [0.29, 0.717) is 30.6 Å². The van der Waals surface area contributed by atoms with E-state index in [1.54, 1.807) is 7.11 Å². The van der Waals surface area contributed by atoms with Gasteiger partial charge < -0.3 is 14.8 Å². The molecule has 0 aliphatic heterocycles. The molecule has 0 aromatic heterocycles. The zero-order valence-electron chi connectivity index (χ0n) is 10.8. The number of rotatable bonds is 6. The average molecular weight is 249 g/mol. The maximum Gasteiger partial charge on any atom is 0.223 e. The van der Waals surface area contributed by atoms with E-state index in [2.05, 4.69) is 12.2 Å². The van der Waals surface area contributed by atoms with Crippen LogP contribution in [0.2, 0.25) is 0 Å². The van der Waals surface area contributed by atoms with E-state index < -0.39 is 0 Å². The first-order valence-corrected chi connectivity index (χ1v) is 6.26. The first-order chi connectivity index (χ1) is 8.72. The monoisotopic (exact) mass is 249 g/mol. The molecule has 1 aliphatic rings. The van der Waals surface area contributed by atoms with Crippen LogP contribution in [-0.2, 0) is 4.79 Å². The second-order valence-electron chi connectivity index (χ2n) is 4.61. The van der Waals surface area contributed by atoms with Gasteiger partial charge in [-0.3, -0.25) is 4.79 Å². The number of nitrogens with one attached hydrogen (secondary N) is 1. The van der Waals surface area contributed by atoms with Crippen LogP contribution < -0.4 is 14.8 Å². The van der Waals surface area contributed by atoms with Crippen LogP contribution in [0.25, 0.3) is 0 Å². The van der Waals surface area contributed by atoms with Crippen molar-refractivity contribution in [2.24, 2.45) is 11.8 Å². The standard InChI is InChI=1S/C14H19NO3/c1-10-9-11(10)14(16)15-7-8-18-13-6-4-3-5-12(13)17-2/h3-6,10-11H,7-9H2,1-2H3,(H,15,16)/t10-,11+/m0/s1. The van der Waals surface area contributed by atoms with Gasteiger partial charge in [0.05, 0.1) is 13.7 Å². The number of para-hydroxylation sites is 2. The summed E-state index contributed by atoms with van der Waals surface area (Å²) in [4.78, 5) is 11.6. The SMILES string of the molecule is COc1ccccc1OCCNC(=O)[C@@H]1C[C@@H]1C. The van der Waals surface area contributed by atoms with Crippen LogP contribution in [0, 0.1) is 11.8 Å². The lowest BCUT2D eigenvalue weighted by atomic mass is 10.3. The summed E-state index contributed by atoms with van der Waals surface area (Å²) in [5, 5.41) is 2.88. The first kappa shape index (κ1) is 12.7. The van der Waals surface area contributed by atoms with Crippen molar-refractivity contribution in [2.75, 3.05) is 20.3 Å². The molecule has 2 rings (SSSR count). The zero-order valence-corrected chi connectivity index (χ0v) is 10.8. The Hall–Kier alpha value is -1.71. The lowest BCUT2D eigenvalue weighted by molar-refractivity contribution is -0.122. The van der Waals surface area contributed by atoms with Gasteiger partial charge in [-0.25, -0.2) is 0 Å². The van der Waals surface area contributed by atoms with Crippen LogP contribution in [-0.4, -0.2) is 26.2 Å². The minimum atomic E-state index is 0.145. The van der Waals surface area contributed by atoms with Crippen LogP contribution >= 0.6 is 0 Å². The molecule has 0 bridgehead atoms. The van der Waals surface area contributed by atoms with Crippen molar-refractivity contribution in [1.82, 2.24) is 5.32 Å². The molecule has 1 aromatic carbocycles. The lowest BCUT2D eigenvalue weighted by Crippen LogP contribution is -2.29. The summed E-state index contributed by atoms with van der Waals surface area (Å²) >= 11 is 0. The highest BCUT2D eigenvalue weighted by Gasteiger charge is 2.38. The van der Waals surface area contributed by atoms with E-state index in [1.165, 1.54) is 0 Å². The quantitative estimate of drug-likeness (QED) is 0.783. The van der Waals surface area contributed by atoms with E-state index >= 15 is 0 Å². The third-order valence-electron chi connectivity index (χ3n) is 3.17. The fourth-order valence-electron chi connectivity index (χ4n) is 1.89. The van der Waals surface area contributed by atoms with Crippen molar-refractivity contribution < 1.29 is 14.3 Å². The minimum absolute atomic E-state index is 0.145. The summed E-state index contributed by atoms with van der Waals surface area (Å²) in [5.41, 5.74) is 0. The van der Waals surface area contributed by atoms with Gasteiger partial charge in [0.2, 0.25) is 5.91 Å². The highest BCUT2D eigenvalue weighted by atomic mass is 16.5. The number of carbonyl (C=O) groups is 1. The molecule has 1 N–H and O–H groups in total. The summed E-state index contributed by atoms with van der Waals surface area (Å²) in [5.74, 6) is 2.32. The Morgan fingerprint density at radius 3 is 2.67 bits per heavy atom. The fourth-order valence-corrected chi connectivity index (χ4v) is 1.89. The highest BCUT2D eigenvalue weighted by molar-refractivity contribution is 5.81. The number of ether oxygens (including phenoxy) is 2. The molecule has 0 saturated heterocycles. The summed E-state index contributed by atoms with van der Waals surface area (Å²) in [6.45, 7) is 3.07. The summed E-state index contributed by atoms with van der Waals surface area (Å²) < 4.78 is 10.7. The fraction of sp³-hybridized carbons (Fsp3) is 0.500. The molecular formula is C14H19NO3. The van der Waals surface area contributed by atoms with Gasteiger partial charge in [0, 0.05) is 5.92 Å². The van der Waals surface area contributed by atoms with Gasteiger partial charge in [-0.1, -0.05) is 19.1 Å². The molecule has 1 aliphatic carbocycles. The molecule has 0 radical (unpaired) electrons. The number of methoxy groups -OCH3 is 1. The van der Waals surface area contributed by atoms with Crippen molar-refractivity contribution in [3.63, 3.8) is 0 Å². The highest BCUT2D eigenvalue weighted by Crippen LogP contribution is 2.37. The number of carbonyl (C=O) groups excluding carboxylic acids is 1. The predicted octanol–water partition coefficient (Wildman–Crippen LogP) is 1.85. The van der Waals surface area contributed by atoms with Gasteiger partial charge >= 0.3 is 0 Å². The summed E-state index contributed by atoms with van der Waals surface area (Å²) in [6, 6.07) is 7.48. The topological polar surface area (TPSA) is 47.6 Å².